The molecular weight excluding hydrogens is 374 g/mol. The highest BCUT2D eigenvalue weighted by Crippen LogP contribution is 2.47. The number of rotatable bonds is 6. The van der Waals surface area contributed by atoms with E-state index >= 15 is 0 Å². The van der Waals surface area contributed by atoms with Gasteiger partial charge in [0.05, 0.1) is 24.1 Å². The van der Waals surface area contributed by atoms with Gasteiger partial charge < -0.3 is 24.6 Å². The highest BCUT2D eigenvalue weighted by atomic mass is 16.5. The second-order valence-electron chi connectivity index (χ2n) is 7.79. The fourth-order valence-electron chi connectivity index (χ4n) is 4.68. The number of nitrogens with zero attached hydrogens (tertiary/aromatic N) is 1. The topological polar surface area (TPSA) is 96.3 Å². The van der Waals surface area contributed by atoms with E-state index in [9.17, 15) is 19.8 Å². The van der Waals surface area contributed by atoms with E-state index in [-0.39, 0.29) is 41.8 Å². The molecule has 3 unspecified atom stereocenters. The molecule has 3 aliphatic rings. The molecule has 4 rings (SSSR count). The van der Waals surface area contributed by atoms with E-state index in [1.54, 1.807) is 17.0 Å². The molecule has 3 atom stereocenters. The molecule has 0 saturated heterocycles. The van der Waals surface area contributed by atoms with Crippen LogP contribution in [0.15, 0.2) is 29.5 Å². The molecule has 156 valence electrons. The Bertz CT molecular complexity index is 848. The molecule has 2 N–H and O–H groups in total. The maximum atomic E-state index is 13.4. The van der Waals surface area contributed by atoms with Gasteiger partial charge in [-0.05, 0) is 50.3 Å². The fraction of sp³-hybridized carbons (Fsp3) is 0.545. The van der Waals surface area contributed by atoms with Crippen molar-refractivity contribution in [2.24, 2.45) is 5.92 Å². The first-order valence-corrected chi connectivity index (χ1v) is 10.4. The van der Waals surface area contributed by atoms with Gasteiger partial charge in [0.25, 0.3) is 5.91 Å². The lowest BCUT2D eigenvalue weighted by atomic mass is 9.77. The number of hydrogen-bond acceptors (Lipinski definition) is 6. The lowest BCUT2D eigenvalue weighted by Gasteiger charge is -2.35. The van der Waals surface area contributed by atoms with Gasteiger partial charge in [-0.2, -0.15) is 0 Å². The average molecular weight is 401 g/mol. The van der Waals surface area contributed by atoms with Crippen LogP contribution in [0.5, 0.6) is 11.5 Å². The predicted octanol–water partition coefficient (Wildman–Crippen LogP) is 2.47. The third kappa shape index (κ3) is 3.37. The molecule has 0 bridgehead atoms. The summed E-state index contributed by atoms with van der Waals surface area (Å²) in [4.78, 5) is 28.2. The molecule has 2 heterocycles. The van der Waals surface area contributed by atoms with Crippen molar-refractivity contribution in [3.63, 3.8) is 0 Å². The van der Waals surface area contributed by atoms with Gasteiger partial charge in [-0.1, -0.05) is 12.5 Å². The van der Waals surface area contributed by atoms with Gasteiger partial charge >= 0.3 is 0 Å². The minimum absolute atomic E-state index is 0.00756. The molecule has 0 spiro atoms. The predicted molar refractivity (Wildman–Crippen MR) is 104 cm³/mol. The third-order valence-corrected chi connectivity index (χ3v) is 6.02. The van der Waals surface area contributed by atoms with E-state index in [1.807, 2.05) is 6.92 Å². The van der Waals surface area contributed by atoms with Crippen molar-refractivity contribution in [1.82, 2.24) is 4.90 Å². The zero-order valence-corrected chi connectivity index (χ0v) is 16.6. The van der Waals surface area contributed by atoms with Gasteiger partial charge in [0, 0.05) is 13.2 Å². The van der Waals surface area contributed by atoms with Gasteiger partial charge in [0.1, 0.15) is 6.10 Å². The monoisotopic (exact) mass is 401 g/mol. The van der Waals surface area contributed by atoms with Crippen molar-refractivity contribution in [3.05, 3.63) is 35.1 Å². The number of phenolic OH excluding ortho intramolecular Hbond substituents is 1. The third-order valence-electron chi connectivity index (χ3n) is 6.02. The van der Waals surface area contributed by atoms with Crippen LogP contribution in [0.1, 0.15) is 50.6 Å². The van der Waals surface area contributed by atoms with E-state index in [4.69, 9.17) is 9.47 Å². The Labute approximate surface area is 169 Å². The number of phenols is 1. The lowest BCUT2D eigenvalue weighted by molar-refractivity contribution is -0.135. The lowest BCUT2D eigenvalue weighted by Crippen LogP contribution is -2.39. The van der Waals surface area contributed by atoms with Crippen LogP contribution in [-0.2, 0) is 14.3 Å². The van der Waals surface area contributed by atoms with Crippen LogP contribution in [0.25, 0.3) is 0 Å². The number of carbonyl (C=O) groups excluding carboxylic acids is 2. The number of amides is 1. The smallest absolute Gasteiger partial charge is 0.290 e. The molecule has 0 aromatic heterocycles. The Kier molecular flexibility index (Phi) is 5.50. The summed E-state index contributed by atoms with van der Waals surface area (Å²) in [5.41, 5.74) is 1.10. The van der Waals surface area contributed by atoms with Crippen LogP contribution in [0.2, 0.25) is 0 Å². The van der Waals surface area contributed by atoms with Gasteiger partial charge in [0.15, 0.2) is 23.0 Å². The number of aliphatic hydroxyl groups excluding tert-OH is 1. The first-order chi connectivity index (χ1) is 14.1. The van der Waals surface area contributed by atoms with Crippen molar-refractivity contribution in [2.45, 2.75) is 51.2 Å². The minimum atomic E-state index is -0.598. The second-order valence-corrected chi connectivity index (χ2v) is 7.79. The Hall–Kier alpha value is -2.54. The Balaban J connectivity index is 1.78. The first-order valence-electron chi connectivity index (χ1n) is 10.4. The van der Waals surface area contributed by atoms with E-state index in [1.165, 1.54) is 6.07 Å². The zero-order chi connectivity index (χ0) is 20.5. The van der Waals surface area contributed by atoms with Crippen LogP contribution in [0.4, 0.5) is 0 Å². The van der Waals surface area contributed by atoms with Crippen LogP contribution in [0.3, 0.4) is 0 Å². The second kappa shape index (κ2) is 8.06. The number of Topliss-reactive ketones (excluding diaryl/α,β-unsaturated/α-hetero) is 1. The number of benzene rings is 1. The Morgan fingerprint density at radius 3 is 2.79 bits per heavy atom. The molecule has 7 nitrogen and oxygen atoms in total. The summed E-state index contributed by atoms with van der Waals surface area (Å²) in [5, 5.41) is 19.4. The molecule has 1 aliphatic carbocycles. The molecular formula is C22H27NO6. The quantitative estimate of drug-likeness (QED) is 0.760. The largest absolute Gasteiger partial charge is 0.504 e. The number of ketones is 1. The summed E-state index contributed by atoms with van der Waals surface area (Å²) in [6.45, 7) is 2.46. The van der Waals surface area contributed by atoms with Gasteiger partial charge in [-0.3, -0.25) is 9.59 Å². The molecule has 1 fully saturated rings. The van der Waals surface area contributed by atoms with E-state index < -0.39 is 6.04 Å². The number of fused-ring (bicyclic) bond motifs is 1. The summed E-state index contributed by atoms with van der Waals surface area (Å²) < 4.78 is 11.6. The first kappa shape index (κ1) is 19.8. The SMILES string of the molecule is CCOc1cc(C2C3=C(OC4CCCCC4C3=O)C(=O)N2CCCO)ccc1O. The maximum absolute atomic E-state index is 13.4. The highest BCUT2D eigenvalue weighted by molar-refractivity contribution is 6.11. The molecule has 7 heteroatoms. The van der Waals surface area contributed by atoms with Crippen molar-refractivity contribution in [3.8, 4) is 11.5 Å². The van der Waals surface area contributed by atoms with Crippen molar-refractivity contribution in [2.75, 3.05) is 19.8 Å². The van der Waals surface area contributed by atoms with E-state index in [0.29, 0.717) is 36.5 Å². The summed E-state index contributed by atoms with van der Waals surface area (Å²) in [6.07, 6.45) is 3.72. The molecule has 1 aromatic rings. The molecule has 1 amide bonds. The average Bonchev–Trinajstić information content (AvgIpc) is 3.00. The molecule has 0 radical (unpaired) electrons. The number of carbonyl (C=O) groups is 2. The summed E-state index contributed by atoms with van der Waals surface area (Å²) >= 11 is 0. The number of hydrogen-bond donors (Lipinski definition) is 2. The van der Waals surface area contributed by atoms with E-state index in [2.05, 4.69) is 0 Å². The number of aromatic hydroxyl groups is 1. The van der Waals surface area contributed by atoms with Crippen LogP contribution < -0.4 is 4.74 Å². The normalized spacial score (nSPS) is 26.3. The van der Waals surface area contributed by atoms with Crippen LogP contribution in [-0.4, -0.2) is 52.7 Å². The number of aliphatic hydroxyl groups is 1. The van der Waals surface area contributed by atoms with Crippen molar-refractivity contribution in [1.29, 1.82) is 0 Å². The maximum Gasteiger partial charge on any atom is 0.290 e. The van der Waals surface area contributed by atoms with Gasteiger partial charge in [0.2, 0.25) is 0 Å². The molecule has 29 heavy (non-hydrogen) atoms. The Morgan fingerprint density at radius 1 is 1.24 bits per heavy atom. The molecule has 1 aromatic carbocycles. The molecule has 1 saturated carbocycles. The summed E-state index contributed by atoms with van der Waals surface area (Å²) in [6, 6.07) is 4.31. The van der Waals surface area contributed by atoms with Gasteiger partial charge in [-0.15, -0.1) is 0 Å². The Morgan fingerprint density at radius 2 is 2.03 bits per heavy atom. The van der Waals surface area contributed by atoms with Crippen LogP contribution >= 0.6 is 0 Å². The molecule has 2 aliphatic heterocycles. The van der Waals surface area contributed by atoms with Crippen molar-refractivity contribution >= 4 is 11.7 Å². The summed E-state index contributed by atoms with van der Waals surface area (Å²) in [5.74, 6) is -0.0391. The van der Waals surface area contributed by atoms with Crippen molar-refractivity contribution < 1.29 is 29.3 Å². The number of ether oxygens (including phenoxy) is 2. The summed E-state index contributed by atoms with van der Waals surface area (Å²) in [7, 11) is 0. The zero-order valence-electron chi connectivity index (χ0n) is 16.6. The highest BCUT2D eigenvalue weighted by Gasteiger charge is 2.51. The van der Waals surface area contributed by atoms with E-state index in [0.717, 1.165) is 25.7 Å². The van der Waals surface area contributed by atoms with Crippen LogP contribution in [0, 0.1) is 5.92 Å². The fourth-order valence-corrected chi connectivity index (χ4v) is 4.68. The standard InChI is InChI=1S/C22H27NO6/c1-2-28-17-12-13(8-9-15(17)25)19-18-20(26)14-6-3-4-7-16(14)29-21(18)22(27)23(19)10-5-11-24/h8-9,12,14,16,19,24-25H,2-7,10-11H2,1H3. The van der Waals surface area contributed by atoms with Gasteiger partial charge in [-0.25, -0.2) is 0 Å². The minimum Gasteiger partial charge on any atom is -0.504 e.